The highest BCUT2D eigenvalue weighted by atomic mass is 19.1. The fraction of sp³-hybridized carbons (Fsp3) is 0.652. The number of halogens is 1. The third-order valence-electron chi connectivity index (χ3n) is 5.37. The lowest BCUT2D eigenvalue weighted by molar-refractivity contribution is -0.136. The van der Waals surface area contributed by atoms with E-state index in [1.165, 1.54) is 12.1 Å². The summed E-state index contributed by atoms with van der Waals surface area (Å²) < 4.78 is 13.3. The molecule has 2 rings (SSSR count). The lowest BCUT2D eigenvalue weighted by Gasteiger charge is -2.49. The van der Waals surface area contributed by atoms with E-state index in [2.05, 4.69) is 45.3 Å². The summed E-state index contributed by atoms with van der Waals surface area (Å²) in [6.45, 7) is 11.5. The van der Waals surface area contributed by atoms with Crippen LogP contribution >= 0.6 is 0 Å². The monoisotopic (exact) mass is 405 g/mol. The third-order valence-corrected chi connectivity index (χ3v) is 5.37. The van der Waals surface area contributed by atoms with Crippen molar-refractivity contribution in [1.82, 2.24) is 15.5 Å². The van der Waals surface area contributed by atoms with Gasteiger partial charge in [-0.05, 0) is 64.7 Å². The summed E-state index contributed by atoms with van der Waals surface area (Å²) in [7, 11) is 0. The van der Waals surface area contributed by atoms with E-state index in [9.17, 15) is 14.0 Å². The van der Waals surface area contributed by atoms with Gasteiger partial charge in [0, 0.05) is 23.7 Å². The van der Waals surface area contributed by atoms with E-state index >= 15 is 0 Å². The van der Waals surface area contributed by atoms with Crippen LogP contribution in [0.1, 0.15) is 65.9 Å². The number of piperidine rings is 1. The number of amides is 2. The van der Waals surface area contributed by atoms with Crippen molar-refractivity contribution in [2.45, 2.75) is 83.8 Å². The molecule has 1 aliphatic heterocycles. The van der Waals surface area contributed by atoms with Gasteiger partial charge in [0.25, 0.3) is 0 Å². The topological polar surface area (TPSA) is 61.4 Å². The van der Waals surface area contributed by atoms with Gasteiger partial charge in [0.1, 0.15) is 5.82 Å². The van der Waals surface area contributed by atoms with Gasteiger partial charge in [0.15, 0.2) is 0 Å². The summed E-state index contributed by atoms with van der Waals surface area (Å²) in [5.74, 6) is -0.692. The maximum atomic E-state index is 13.3. The Morgan fingerprint density at radius 1 is 1.21 bits per heavy atom. The molecule has 0 saturated carbocycles. The van der Waals surface area contributed by atoms with Crippen molar-refractivity contribution in [2.24, 2.45) is 0 Å². The summed E-state index contributed by atoms with van der Waals surface area (Å²) >= 11 is 0. The molecule has 2 N–H and O–H groups in total. The van der Waals surface area contributed by atoms with Crippen LogP contribution < -0.4 is 10.6 Å². The Hall–Kier alpha value is -1.95. The lowest BCUT2D eigenvalue weighted by atomic mass is 9.79. The molecule has 0 aliphatic carbocycles. The van der Waals surface area contributed by atoms with Crippen LogP contribution in [0, 0.1) is 5.82 Å². The van der Waals surface area contributed by atoms with E-state index in [-0.39, 0.29) is 47.7 Å². The van der Waals surface area contributed by atoms with Gasteiger partial charge in [-0.15, -0.1) is 0 Å². The molecule has 0 bridgehead atoms. The average Bonchev–Trinajstić information content (AvgIpc) is 2.57. The molecule has 162 valence electrons. The van der Waals surface area contributed by atoms with Crippen LogP contribution in [0.3, 0.4) is 0 Å². The van der Waals surface area contributed by atoms with Gasteiger partial charge in [-0.1, -0.05) is 25.5 Å². The Balaban J connectivity index is 2.00. The molecule has 1 saturated heterocycles. The first-order valence-electron chi connectivity index (χ1n) is 10.6. The molecule has 0 radical (unpaired) electrons. The first-order chi connectivity index (χ1) is 13.5. The smallest absolute Gasteiger partial charge is 0.242 e. The molecule has 0 atom stereocenters. The molecule has 5 nitrogen and oxygen atoms in total. The minimum absolute atomic E-state index is 0.0251. The van der Waals surface area contributed by atoms with Crippen LogP contribution in [-0.4, -0.2) is 46.9 Å². The molecule has 1 heterocycles. The first-order valence-corrected chi connectivity index (χ1v) is 10.6. The van der Waals surface area contributed by atoms with E-state index in [1.54, 1.807) is 12.1 Å². The van der Waals surface area contributed by atoms with Crippen LogP contribution in [0.4, 0.5) is 4.39 Å². The molecule has 29 heavy (non-hydrogen) atoms. The fourth-order valence-electron chi connectivity index (χ4n) is 4.50. The first kappa shape index (κ1) is 23.3. The minimum Gasteiger partial charge on any atom is -0.347 e. The molecule has 2 amide bonds. The van der Waals surface area contributed by atoms with Gasteiger partial charge in [-0.3, -0.25) is 9.59 Å². The SMILES string of the molecule is CCCCN(C(=O)CNC(=O)Cc1cccc(F)c1)C1CC(C)(C)NC(C)(C)C1. The zero-order chi connectivity index (χ0) is 21.7. The predicted molar refractivity (Wildman–Crippen MR) is 114 cm³/mol. The van der Waals surface area contributed by atoms with Crippen LogP contribution in [0.5, 0.6) is 0 Å². The number of benzene rings is 1. The minimum atomic E-state index is -0.367. The Kier molecular flexibility index (Phi) is 7.80. The van der Waals surface area contributed by atoms with Gasteiger partial charge < -0.3 is 15.5 Å². The molecule has 1 aromatic rings. The normalized spacial score (nSPS) is 18.3. The molecular weight excluding hydrogens is 369 g/mol. The molecule has 1 fully saturated rings. The quantitative estimate of drug-likeness (QED) is 0.697. The molecule has 0 spiro atoms. The number of hydrogen-bond donors (Lipinski definition) is 2. The van der Waals surface area contributed by atoms with Crippen molar-refractivity contribution >= 4 is 11.8 Å². The van der Waals surface area contributed by atoms with Gasteiger partial charge in [-0.25, -0.2) is 4.39 Å². The van der Waals surface area contributed by atoms with Crippen LogP contribution in [0.15, 0.2) is 24.3 Å². The highest BCUT2D eigenvalue weighted by molar-refractivity contribution is 5.86. The number of hydrogen-bond acceptors (Lipinski definition) is 3. The molecule has 6 heteroatoms. The summed E-state index contributed by atoms with van der Waals surface area (Å²) in [5, 5.41) is 6.38. The molecule has 0 unspecified atom stereocenters. The highest BCUT2D eigenvalue weighted by Crippen LogP contribution is 2.31. The number of carbonyl (C=O) groups excluding carboxylic acids is 2. The van der Waals surface area contributed by atoms with Crippen LogP contribution in [0.25, 0.3) is 0 Å². The van der Waals surface area contributed by atoms with E-state index in [1.807, 2.05) is 4.90 Å². The van der Waals surface area contributed by atoms with E-state index < -0.39 is 0 Å². The zero-order valence-electron chi connectivity index (χ0n) is 18.5. The van der Waals surface area contributed by atoms with E-state index in [4.69, 9.17) is 0 Å². The van der Waals surface area contributed by atoms with Crippen molar-refractivity contribution in [3.05, 3.63) is 35.6 Å². The third kappa shape index (κ3) is 7.42. The molecule has 1 aliphatic rings. The van der Waals surface area contributed by atoms with Gasteiger partial charge >= 0.3 is 0 Å². The van der Waals surface area contributed by atoms with Crippen LogP contribution in [0.2, 0.25) is 0 Å². The number of carbonyl (C=O) groups is 2. The Morgan fingerprint density at radius 3 is 2.45 bits per heavy atom. The lowest BCUT2D eigenvalue weighted by Crippen LogP contribution is -2.63. The number of nitrogens with zero attached hydrogens (tertiary/aromatic N) is 1. The molecule has 1 aromatic carbocycles. The van der Waals surface area contributed by atoms with Crippen molar-refractivity contribution in [3.8, 4) is 0 Å². The van der Waals surface area contributed by atoms with Gasteiger partial charge in [-0.2, -0.15) is 0 Å². The van der Waals surface area contributed by atoms with Crippen molar-refractivity contribution in [3.63, 3.8) is 0 Å². The largest absolute Gasteiger partial charge is 0.347 e. The Labute approximate surface area is 174 Å². The highest BCUT2D eigenvalue weighted by Gasteiger charge is 2.40. The standard InChI is InChI=1S/C23H36FN3O2/c1-6-7-11-27(19-14-22(2,3)26-23(4,5)15-19)21(29)16-25-20(28)13-17-9-8-10-18(24)12-17/h8-10,12,19,26H,6-7,11,13-16H2,1-5H3,(H,25,28). The Bertz CT molecular complexity index is 702. The van der Waals surface area contributed by atoms with Crippen molar-refractivity contribution in [1.29, 1.82) is 0 Å². The van der Waals surface area contributed by atoms with Gasteiger partial charge in [0.05, 0.1) is 13.0 Å². The summed E-state index contributed by atoms with van der Waals surface area (Å²) in [5.41, 5.74) is 0.481. The maximum Gasteiger partial charge on any atom is 0.242 e. The number of nitrogens with one attached hydrogen (secondary N) is 2. The van der Waals surface area contributed by atoms with E-state index in [0.717, 1.165) is 25.7 Å². The van der Waals surface area contributed by atoms with Crippen molar-refractivity contribution in [2.75, 3.05) is 13.1 Å². The predicted octanol–water partition coefficient (Wildman–Crippen LogP) is 3.42. The zero-order valence-corrected chi connectivity index (χ0v) is 18.5. The summed E-state index contributed by atoms with van der Waals surface area (Å²) in [6.07, 6.45) is 3.76. The maximum absolute atomic E-state index is 13.3. The molecular formula is C23H36FN3O2. The molecule has 0 aromatic heterocycles. The van der Waals surface area contributed by atoms with Crippen LogP contribution in [-0.2, 0) is 16.0 Å². The number of unbranched alkanes of at least 4 members (excludes halogenated alkanes) is 1. The second kappa shape index (κ2) is 9.70. The number of rotatable bonds is 8. The summed E-state index contributed by atoms with van der Waals surface area (Å²) in [6, 6.07) is 6.11. The second-order valence-electron chi connectivity index (χ2n) is 9.48. The second-order valence-corrected chi connectivity index (χ2v) is 9.48. The average molecular weight is 406 g/mol. The van der Waals surface area contributed by atoms with Crippen molar-refractivity contribution < 1.29 is 14.0 Å². The van der Waals surface area contributed by atoms with Gasteiger partial charge in [0.2, 0.25) is 11.8 Å². The Morgan fingerprint density at radius 2 is 1.86 bits per heavy atom. The van der Waals surface area contributed by atoms with E-state index in [0.29, 0.717) is 12.1 Å². The summed E-state index contributed by atoms with van der Waals surface area (Å²) in [4.78, 5) is 27.2. The fourth-order valence-corrected chi connectivity index (χ4v) is 4.50.